The number of nitrogens with zero attached hydrogens (tertiary/aromatic N) is 2. The molecule has 0 aliphatic carbocycles. The van der Waals surface area contributed by atoms with Gasteiger partial charge in [0.05, 0.1) is 6.04 Å². The average Bonchev–Trinajstić information content (AvgIpc) is 2.82. The van der Waals surface area contributed by atoms with Gasteiger partial charge < -0.3 is 31.9 Å². The number of likely N-dealkylation sites (tertiary alicyclic amines) is 1. The Balaban J connectivity index is 2.52. The molecule has 0 aromatic heterocycles. The van der Waals surface area contributed by atoms with Gasteiger partial charge in [-0.2, -0.15) is 0 Å². The molecule has 1 aliphatic heterocycles. The van der Waals surface area contributed by atoms with E-state index in [1.807, 2.05) is 0 Å². The lowest BCUT2D eigenvalue weighted by Crippen LogP contribution is -2.45. The Morgan fingerprint density at radius 3 is 2.65 bits per heavy atom. The van der Waals surface area contributed by atoms with E-state index in [1.165, 1.54) is 4.90 Å². The molecule has 9 nitrogen and oxygen atoms in total. The van der Waals surface area contributed by atoms with Crippen LogP contribution in [0.2, 0.25) is 0 Å². The van der Waals surface area contributed by atoms with Crippen LogP contribution in [0.25, 0.3) is 0 Å². The number of hydrogen-bond acceptors (Lipinski definition) is 4. The van der Waals surface area contributed by atoms with Crippen molar-refractivity contribution in [1.29, 1.82) is 0 Å². The summed E-state index contributed by atoms with van der Waals surface area (Å²) in [6, 6.07) is -0.795. The van der Waals surface area contributed by atoms with Crippen molar-refractivity contribution >= 4 is 19.5 Å². The van der Waals surface area contributed by atoms with Crippen molar-refractivity contribution in [2.75, 3.05) is 13.1 Å². The van der Waals surface area contributed by atoms with Crippen LogP contribution in [0.3, 0.4) is 0 Å². The average molecular weight is 307 g/mol. The highest BCUT2D eigenvalue weighted by Gasteiger charge is 2.41. The number of nitrogens with two attached hydrogens (primary N) is 3. The molecular weight excluding hydrogens is 285 g/mol. The molecular formula is C10H22N5O4P. The summed E-state index contributed by atoms with van der Waals surface area (Å²) in [7, 11) is -4.31. The van der Waals surface area contributed by atoms with Crippen molar-refractivity contribution in [2.24, 2.45) is 22.2 Å². The van der Waals surface area contributed by atoms with Crippen LogP contribution in [-0.4, -0.2) is 51.5 Å². The van der Waals surface area contributed by atoms with Crippen LogP contribution in [0.5, 0.6) is 0 Å². The van der Waals surface area contributed by atoms with E-state index in [0.29, 0.717) is 38.8 Å². The Kier molecular flexibility index (Phi) is 5.94. The summed E-state index contributed by atoms with van der Waals surface area (Å²) >= 11 is 0. The van der Waals surface area contributed by atoms with Gasteiger partial charge in [-0.15, -0.1) is 0 Å². The zero-order valence-corrected chi connectivity index (χ0v) is 12.1. The van der Waals surface area contributed by atoms with Crippen molar-refractivity contribution in [3.63, 3.8) is 0 Å². The molecule has 0 aromatic carbocycles. The van der Waals surface area contributed by atoms with Gasteiger partial charge in [0.15, 0.2) is 5.96 Å². The van der Waals surface area contributed by atoms with E-state index in [1.54, 1.807) is 0 Å². The number of carbonyl (C=O) groups is 1. The number of rotatable bonds is 6. The minimum absolute atomic E-state index is 0.0222. The molecule has 0 radical (unpaired) electrons. The SMILES string of the molecule is NC(N)=NCCC[C@H](N)C(=O)N1CCCC1P(=O)(O)O. The summed E-state index contributed by atoms with van der Waals surface area (Å²) in [5.41, 5.74) is 16.1. The molecule has 1 amide bonds. The first-order valence-electron chi connectivity index (χ1n) is 6.40. The van der Waals surface area contributed by atoms with Gasteiger partial charge in [0.25, 0.3) is 0 Å². The molecule has 20 heavy (non-hydrogen) atoms. The molecule has 8 N–H and O–H groups in total. The van der Waals surface area contributed by atoms with Crippen molar-refractivity contribution < 1.29 is 19.1 Å². The maximum atomic E-state index is 12.1. The molecule has 0 spiro atoms. The lowest BCUT2D eigenvalue weighted by atomic mass is 10.1. The minimum atomic E-state index is -4.31. The molecule has 1 fully saturated rings. The number of aliphatic imine (C=N–C) groups is 1. The third-order valence-electron chi connectivity index (χ3n) is 3.18. The highest BCUT2D eigenvalue weighted by atomic mass is 31.2. The Morgan fingerprint density at radius 1 is 1.45 bits per heavy atom. The van der Waals surface area contributed by atoms with E-state index in [2.05, 4.69) is 4.99 Å². The van der Waals surface area contributed by atoms with Crippen molar-refractivity contribution in [1.82, 2.24) is 4.90 Å². The molecule has 0 bridgehead atoms. The van der Waals surface area contributed by atoms with E-state index in [-0.39, 0.29) is 5.96 Å². The van der Waals surface area contributed by atoms with Gasteiger partial charge in [-0.05, 0) is 25.7 Å². The van der Waals surface area contributed by atoms with Gasteiger partial charge >= 0.3 is 7.60 Å². The van der Waals surface area contributed by atoms with Crippen LogP contribution in [-0.2, 0) is 9.36 Å². The summed E-state index contributed by atoms with van der Waals surface area (Å²) < 4.78 is 11.3. The van der Waals surface area contributed by atoms with Gasteiger partial charge in [-0.25, -0.2) is 0 Å². The minimum Gasteiger partial charge on any atom is -0.370 e. The third-order valence-corrected chi connectivity index (χ3v) is 4.49. The normalized spacial score (nSPS) is 20.8. The smallest absolute Gasteiger partial charge is 0.347 e. The summed E-state index contributed by atoms with van der Waals surface area (Å²) in [4.78, 5) is 35.5. The molecule has 1 rings (SSSR count). The highest BCUT2D eigenvalue weighted by molar-refractivity contribution is 7.52. The zero-order chi connectivity index (χ0) is 15.3. The second-order valence-electron chi connectivity index (χ2n) is 4.80. The van der Waals surface area contributed by atoms with Crippen molar-refractivity contribution in [3.05, 3.63) is 0 Å². The zero-order valence-electron chi connectivity index (χ0n) is 11.2. The second-order valence-corrected chi connectivity index (χ2v) is 6.57. The van der Waals surface area contributed by atoms with Crippen LogP contribution in [0.4, 0.5) is 0 Å². The van der Waals surface area contributed by atoms with Crippen LogP contribution < -0.4 is 17.2 Å². The monoisotopic (exact) mass is 307 g/mol. The van der Waals surface area contributed by atoms with Gasteiger partial charge in [0.2, 0.25) is 5.91 Å². The standard InChI is InChI=1S/C10H22N5O4P/c11-7(3-1-5-14-10(12)13)9(16)15-6-2-4-8(15)20(17,18)19/h7-8H,1-6,11H2,(H4,12,13,14)(H2,17,18,19)/t7-,8?/m0/s1. The fraction of sp³-hybridized carbons (Fsp3) is 0.800. The summed E-state index contributed by atoms with van der Waals surface area (Å²) in [6.45, 7) is 0.696. The van der Waals surface area contributed by atoms with Crippen molar-refractivity contribution in [3.8, 4) is 0 Å². The van der Waals surface area contributed by atoms with Crippen LogP contribution in [0, 0.1) is 0 Å². The third kappa shape index (κ3) is 4.75. The summed E-state index contributed by atoms with van der Waals surface area (Å²) in [6.07, 6.45) is 1.76. The van der Waals surface area contributed by atoms with E-state index < -0.39 is 25.3 Å². The number of hydrogen-bond donors (Lipinski definition) is 5. The van der Waals surface area contributed by atoms with Gasteiger partial charge in [-0.1, -0.05) is 0 Å². The number of carbonyl (C=O) groups excluding carboxylic acids is 1. The van der Waals surface area contributed by atoms with Crippen LogP contribution in [0.15, 0.2) is 4.99 Å². The first-order valence-corrected chi connectivity index (χ1v) is 8.08. The molecule has 116 valence electrons. The van der Waals surface area contributed by atoms with Gasteiger partial charge in [0, 0.05) is 13.1 Å². The first kappa shape index (κ1) is 16.9. The van der Waals surface area contributed by atoms with Crippen molar-refractivity contribution in [2.45, 2.75) is 37.5 Å². The quantitative estimate of drug-likeness (QED) is 0.172. The molecule has 1 heterocycles. The molecule has 1 unspecified atom stereocenters. The van der Waals surface area contributed by atoms with E-state index in [4.69, 9.17) is 17.2 Å². The first-order chi connectivity index (χ1) is 9.23. The number of guanidine groups is 1. The fourth-order valence-electron chi connectivity index (χ4n) is 2.21. The molecule has 2 atom stereocenters. The Bertz CT molecular complexity index is 420. The summed E-state index contributed by atoms with van der Waals surface area (Å²) in [5.74, 6) is -1.50. The maximum absolute atomic E-state index is 12.1. The van der Waals surface area contributed by atoms with E-state index in [9.17, 15) is 19.1 Å². The molecule has 1 aliphatic rings. The predicted octanol–water partition coefficient (Wildman–Crippen LogP) is -1.51. The Labute approximate surface area is 117 Å². The van der Waals surface area contributed by atoms with E-state index in [0.717, 1.165) is 0 Å². The van der Waals surface area contributed by atoms with Crippen LogP contribution in [0.1, 0.15) is 25.7 Å². The Hall–Kier alpha value is -1.15. The molecule has 0 aromatic rings. The van der Waals surface area contributed by atoms with Gasteiger partial charge in [-0.3, -0.25) is 14.4 Å². The summed E-state index contributed by atoms with van der Waals surface area (Å²) in [5, 5.41) is 0. The second kappa shape index (κ2) is 7.03. The van der Waals surface area contributed by atoms with E-state index >= 15 is 0 Å². The van der Waals surface area contributed by atoms with Gasteiger partial charge in [0.1, 0.15) is 5.78 Å². The Morgan fingerprint density at radius 2 is 2.10 bits per heavy atom. The predicted molar refractivity (Wildman–Crippen MR) is 74.7 cm³/mol. The molecule has 10 heteroatoms. The molecule has 1 saturated heterocycles. The topological polar surface area (TPSA) is 168 Å². The highest BCUT2D eigenvalue weighted by Crippen LogP contribution is 2.47. The largest absolute Gasteiger partial charge is 0.370 e. The maximum Gasteiger partial charge on any atom is 0.347 e. The lowest BCUT2D eigenvalue weighted by Gasteiger charge is -2.27. The van der Waals surface area contributed by atoms with Crippen LogP contribution >= 0.6 is 7.60 Å². The number of amides is 1. The fourth-order valence-corrected chi connectivity index (χ4v) is 3.32. The lowest BCUT2D eigenvalue weighted by molar-refractivity contribution is -0.132. The molecule has 0 saturated carbocycles.